The summed E-state index contributed by atoms with van der Waals surface area (Å²) in [6, 6.07) is -0.0982. The van der Waals surface area contributed by atoms with Gasteiger partial charge < -0.3 is 5.73 Å². The predicted molar refractivity (Wildman–Crippen MR) is 51.2 cm³/mol. The molecule has 0 aliphatic rings. The first-order chi connectivity index (χ1) is 5.86. The fourth-order valence-electron chi connectivity index (χ4n) is 1.18. The van der Waals surface area contributed by atoms with E-state index in [9.17, 15) is 9.59 Å². The van der Waals surface area contributed by atoms with E-state index in [1.807, 2.05) is 13.8 Å². The van der Waals surface area contributed by atoms with Crippen LogP contribution in [0.4, 0.5) is 0 Å². The number of carbonyl (C=O) groups excluding carboxylic acids is 2. The van der Waals surface area contributed by atoms with E-state index in [0.29, 0.717) is 0 Å². The molecule has 0 saturated heterocycles. The number of ketones is 1. The van der Waals surface area contributed by atoms with E-state index in [0.717, 1.165) is 0 Å². The van der Waals surface area contributed by atoms with Crippen LogP contribution in [0, 0.1) is 0 Å². The van der Waals surface area contributed by atoms with E-state index in [2.05, 4.69) is 0 Å². The summed E-state index contributed by atoms with van der Waals surface area (Å²) in [4.78, 5) is 23.6. The van der Waals surface area contributed by atoms with Gasteiger partial charge in [0, 0.05) is 6.04 Å². The quantitative estimate of drug-likeness (QED) is 0.665. The van der Waals surface area contributed by atoms with Gasteiger partial charge >= 0.3 is 0 Å². The molecule has 13 heavy (non-hydrogen) atoms. The Bertz CT molecular complexity index is 202. The monoisotopic (exact) mass is 186 g/mol. The molecule has 0 aromatic heterocycles. The highest BCUT2D eigenvalue weighted by Crippen LogP contribution is 2.05. The maximum Gasteiger partial charge on any atom is 0.231 e. The number of nitrogens with two attached hydrogens (primary N) is 1. The van der Waals surface area contributed by atoms with E-state index in [1.165, 1.54) is 6.92 Å². The Morgan fingerprint density at radius 3 is 2.00 bits per heavy atom. The summed E-state index contributed by atoms with van der Waals surface area (Å²) in [7, 11) is 0. The third-order valence-corrected chi connectivity index (χ3v) is 2.09. The number of nitrogens with zero attached hydrogens (tertiary/aromatic N) is 1. The Kier molecular flexibility index (Phi) is 4.62. The lowest BCUT2D eigenvalue weighted by Crippen LogP contribution is -2.46. The molecule has 0 aliphatic heterocycles. The van der Waals surface area contributed by atoms with Gasteiger partial charge in [-0.2, -0.15) is 0 Å². The van der Waals surface area contributed by atoms with Crippen LogP contribution in [0.15, 0.2) is 0 Å². The van der Waals surface area contributed by atoms with E-state index < -0.39 is 5.91 Å². The highest BCUT2D eigenvalue weighted by molar-refractivity contribution is 5.82. The minimum absolute atomic E-state index is 0.0509. The third kappa shape index (κ3) is 4.03. The van der Waals surface area contributed by atoms with Gasteiger partial charge in [0.15, 0.2) is 0 Å². The second-order valence-corrected chi connectivity index (χ2v) is 3.52. The van der Waals surface area contributed by atoms with E-state index in [4.69, 9.17) is 5.73 Å². The number of hydrogen-bond donors (Lipinski definition) is 1. The highest BCUT2D eigenvalue weighted by atomic mass is 16.1. The van der Waals surface area contributed by atoms with Crippen LogP contribution in [0.2, 0.25) is 0 Å². The normalized spacial score (nSPS) is 13.4. The zero-order valence-electron chi connectivity index (χ0n) is 8.70. The first-order valence-electron chi connectivity index (χ1n) is 4.40. The highest BCUT2D eigenvalue weighted by Gasteiger charge is 2.21. The summed E-state index contributed by atoms with van der Waals surface area (Å²) in [5.41, 5.74) is 5.08. The smallest absolute Gasteiger partial charge is 0.231 e. The summed E-state index contributed by atoms with van der Waals surface area (Å²) in [5, 5.41) is 0. The molecular formula is C9H18N2O2. The Morgan fingerprint density at radius 2 is 1.77 bits per heavy atom. The lowest BCUT2D eigenvalue weighted by atomic mass is 10.1. The molecule has 0 rings (SSSR count). The molecule has 0 aliphatic carbocycles. The molecule has 0 aromatic carbocycles. The second kappa shape index (κ2) is 4.97. The maximum atomic E-state index is 11.1. The van der Waals surface area contributed by atoms with Crippen LogP contribution in [0.25, 0.3) is 0 Å². The van der Waals surface area contributed by atoms with Gasteiger partial charge in [0.05, 0.1) is 12.6 Å². The van der Waals surface area contributed by atoms with Gasteiger partial charge in [0.2, 0.25) is 5.91 Å². The van der Waals surface area contributed by atoms with Crippen molar-refractivity contribution in [1.29, 1.82) is 0 Å². The Hall–Kier alpha value is -0.900. The van der Waals surface area contributed by atoms with Gasteiger partial charge in [-0.05, 0) is 27.7 Å². The van der Waals surface area contributed by atoms with Crippen LogP contribution in [-0.2, 0) is 9.59 Å². The van der Waals surface area contributed by atoms with Gasteiger partial charge in [-0.1, -0.05) is 0 Å². The molecule has 0 aromatic rings. The molecule has 0 fully saturated rings. The van der Waals surface area contributed by atoms with Crippen molar-refractivity contribution in [2.24, 2.45) is 5.73 Å². The number of rotatable bonds is 5. The average Bonchev–Trinajstić information content (AvgIpc) is 1.97. The summed E-state index contributed by atoms with van der Waals surface area (Å²) in [6.07, 6.45) is 0. The predicted octanol–water partition coefficient (Wildman–Crippen LogP) is 0.160. The van der Waals surface area contributed by atoms with E-state index in [1.54, 1.807) is 11.8 Å². The second-order valence-electron chi connectivity index (χ2n) is 3.52. The number of hydrogen-bond acceptors (Lipinski definition) is 3. The Balaban J connectivity index is 4.41. The topological polar surface area (TPSA) is 63.4 Å². The minimum atomic E-state index is -0.401. The number of carbonyl (C=O) groups is 2. The first-order valence-corrected chi connectivity index (χ1v) is 4.40. The van der Waals surface area contributed by atoms with Gasteiger partial charge in [0.1, 0.15) is 5.78 Å². The zero-order valence-corrected chi connectivity index (χ0v) is 8.70. The Labute approximate surface area is 79.1 Å². The fourth-order valence-corrected chi connectivity index (χ4v) is 1.18. The van der Waals surface area contributed by atoms with Crippen molar-refractivity contribution in [2.45, 2.75) is 39.8 Å². The third-order valence-electron chi connectivity index (χ3n) is 2.09. The van der Waals surface area contributed by atoms with Gasteiger partial charge in [-0.3, -0.25) is 14.5 Å². The standard InChI is InChI=1S/C9H18N2O2/c1-6(2)11(5-9(10)13)7(3)8(4)12/h6-7H,5H2,1-4H3,(H2,10,13). The lowest BCUT2D eigenvalue weighted by Gasteiger charge is -2.29. The molecule has 4 nitrogen and oxygen atoms in total. The molecule has 1 amide bonds. The van der Waals surface area contributed by atoms with Crippen LogP contribution in [-0.4, -0.2) is 35.2 Å². The van der Waals surface area contributed by atoms with Crippen LogP contribution in [0.5, 0.6) is 0 Å². The SMILES string of the molecule is CC(=O)C(C)N(CC(N)=O)C(C)C. The van der Waals surface area contributed by atoms with Crippen molar-refractivity contribution in [3.8, 4) is 0 Å². The molecular weight excluding hydrogens is 168 g/mol. The van der Waals surface area contributed by atoms with Crippen molar-refractivity contribution in [2.75, 3.05) is 6.54 Å². The zero-order chi connectivity index (χ0) is 10.6. The van der Waals surface area contributed by atoms with Crippen molar-refractivity contribution in [3.63, 3.8) is 0 Å². The number of amides is 1. The average molecular weight is 186 g/mol. The minimum Gasteiger partial charge on any atom is -0.369 e. The van der Waals surface area contributed by atoms with E-state index >= 15 is 0 Å². The molecule has 0 saturated carbocycles. The Morgan fingerprint density at radius 1 is 1.31 bits per heavy atom. The molecule has 0 bridgehead atoms. The van der Waals surface area contributed by atoms with Crippen molar-refractivity contribution >= 4 is 11.7 Å². The molecule has 1 atom stereocenters. The number of primary amides is 1. The summed E-state index contributed by atoms with van der Waals surface area (Å²) >= 11 is 0. The van der Waals surface area contributed by atoms with Crippen molar-refractivity contribution in [3.05, 3.63) is 0 Å². The molecule has 2 N–H and O–H groups in total. The van der Waals surface area contributed by atoms with Gasteiger partial charge in [-0.15, -0.1) is 0 Å². The summed E-state index contributed by atoms with van der Waals surface area (Å²) in [6.45, 7) is 7.30. The van der Waals surface area contributed by atoms with Crippen molar-refractivity contribution < 1.29 is 9.59 Å². The number of Topliss-reactive ketones (excluding diaryl/α,β-unsaturated/α-hetero) is 1. The van der Waals surface area contributed by atoms with Crippen LogP contribution < -0.4 is 5.73 Å². The maximum absolute atomic E-state index is 11.1. The lowest BCUT2D eigenvalue weighted by molar-refractivity contribution is -0.125. The molecule has 0 heterocycles. The van der Waals surface area contributed by atoms with Gasteiger partial charge in [-0.25, -0.2) is 0 Å². The van der Waals surface area contributed by atoms with Crippen molar-refractivity contribution in [1.82, 2.24) is 4.90 Å². The summed E-state index contributed by atoms with van der Waals surface area (Å²) in [5.74, 6) is -0.350. The molecule has 4 heteroatoms. The molecule has 0 spiro atoms. The van der Waals surface area contributed by atoms with Gasteiger partial charge in [0.25, 0.3) is 0 Å². The fraction of sp³-hybridized carbons (Fsp3) is 0.778. The van der Waals surface area contributed by atoms with Crippen LogP contribution >= 0.6 is 0 Å². The van der Waals surface area contributed by atoms with E-state index in [-0.39, 0.29) is 24.4 Å². The molecule has 0 radical (unpaired) electrons. The van der Waals surface area contributed by atoms with Crippen LogP contribution in [0.1, 0.15) is 27.7 Å². The summed E-state index contributed by atoms with van der Waals surface area (Å²) < 4.78 is 0. The molecule has 1 unspecified atom stereocenters. The molecule has 76 valence electrons. The largest absolute Gasteiger partial charge is 0.369 e. The first kappa shape index (κ1) is 12.1. The van der Waals surface area contributed by atoms with Crippen LogP contribution in [0.3, 0.4) is 0 Å².